The first-order valence-corrected chi connectivity index (χ1v) is 14.3. The van der Waals surface area contributed by atoms with E-state index in [9.17, 15) is 4.79 Å². The highest BCUT2D eigenvalue weighted by atomic mass is 35.5. The first-order valence-electron chi connectivity index (χ1n) is 13.9. The Labute approximate surface area is 242 Å². The molecule has 2 N–H and O–H groups in total. The molecule has 41 heavy (non-hydrogen) atoms. The molecule has 0 spiro atoms. The zero-order valence-corrected chi connectivity index (χ0v) is 23.1. The molecule has 0 radical (unpaired) electrons. The summed E-state index contributed by atoms with van der Waals surface area (Å²) in [6.07, 6.45) is 8.85. The number of amides is 1. The minimum Gasteiger partial charge on any atom is -0.485 e. The first kappa shape index (κ1) is 25.5. The summed E-state index contributed by atoms with van der Waals surface area (Å²) >= 11 is 6.12. The number of hydrogen-bond acceptors (Lipinski definition) is 6. The highest BCUT2D eigenvalue weighted by Crippen LogP contribution is 2.48. The average molecular weight is 565 g/mol. The van der Waals surface area contributed by atoms with Crippen molar-refractivity contribution in [3.63, 3.8) is 0 Å². The Morgan fingerprint density at radius 3 is 2.66 bits per heavy atom. The number of carbonyl (C=O) groups is 1. The van der Waals surface area contributed by atoms with Crippen molar-refractivity contribution < 1.29 is 9.53 Å². The summed E-state index contributed by atoms with van der Waals surface area (Å²) in [6.45, 7) is 0.948. The maximum Gasteiger partial charge on any atom is 0.229 e. The van der Waals surface area contributed by atoms with Gasteiger partial charge >= 0.3 is 0 Å². The topological polar surface area (TPSA) is 93.4 Å². The third kappa shape index (κ3) is 5.88. The molecule has 2 atom stereocenters. The Bertz CT molecular complexity index is 1720. The van der Waals surface area contributed by atoms with E-state index >= 15 is 0 Å². The quantitative estimate of drug-likeness (QED) is 0.199. The van der Waals surface area contributed by atoms with Crippen LogP contribution in [0.25, 0.3) is 5.65 Å². The van der Waals surface area contributed by atoms with Crippen LogP contribution in [0, 0.1) is 5.92 Å². The van der Waals surface area contributed by atoms with E-state index in [1.807, 2.05) is 48.7 Å². The summed E-state index contributed by atoms with van der Waals surface area (Å²) in [5.74, 6) is 2.50. The molecule has 5 aromatic rings. The third-order valence-corrected chi connectivity index (χ3v) is 7.88. The van der Waals surface area contributed by atoms with Gasteiger partial charge in [0.25, 0.3) is 0 Å². The molecule has 2 aromatic carbocycles. The number of halogens is 1. The van der Waals surface area contributed by atoms with Crippen molar-refractivity contribution in [3.05, 3.63) is 113 Å². The zero-order chi connectivity index (χ0) is 27.8. The van der Waals surface area contributed by atoms with Crippen LogP contribution in [0.1, 0.15) is 53.5 Å². The van der Waals surface area contributed by atoms with Gasteiger partial charge in [-0.05, 0) is 66.0 Å². The molecule has 0 bridgehead atoms. The molecule has 2 aliphatic carbocycles. The predicted octanol–water partition coefficient (Wildman–Crippen LogP) is 6.59. The van der Waals surface area contributed by atoms with E-state index in [1.165, 1.54) is 24.7 Å². The lowest BCUT2D eigenvalue weighted by Crippen LogP contribution is -2.16. The van der Waals surface area contributed by atoms with Gasteiger partial charge in [0.2, 0.25) is 5.91 Å². The van der Waals surface area contributed by atoms with Gasteiger partial charge in [-0.2, -0.15) is 0 Å². The number of hydrogen-bond donors (Lipinski definition) is 2. The summed E-state index contributed by atoms with van der Waals surface area (Å²) in [4.78, 5) is 26.3. The number of nitrogens with zero attached hydrogens (tertiary/aromatic N) is 4. The summed E-state index contributed by atoms with van der Waals surface area (Å²) < 4.78 is 8.31. The Morgan fingerprint density at radius 2 is 1.83 bits per heavy atom. The largest absolute Gasteiger partial charge is 0.485 e. The van der Waals surface area contributed by atoms with Crippen molar-refractivity contribution in [2.24, 2.45) is 5.92 Å². The normalized spacial score (nSPS) is 17.8. The maximum atomic E-state index is 12.8. The molecule has 0 unspecified atom stereocenters. The van der Waals surface area contributed by atoms with Gasteiger partial charge in [0, 0.05) is 29.4 Å². The molecule has 2 saturated carbocycles. The van der Waals surface area contributed by atoms with Gasteiger partial charge in [-0.1, -0.05) is 54.1 Å². The number of benzene rings is 2. The van der Waals surface area contributed by atoms with E-state index in [0.717, 1.165) is 34.6 Å². The molecular weight excluding hydrogens is 536 g/mol. The second-order valence-electron chi connectivity index (χ2n) is 10.8. The van der Waals surface area contributed by atoms with Crippen LogP contribution in [0.3, 0.4) is 0 Å². The minimum absolute atomic E-state index is 0.0468. The summed E-state index contributed by atoms with van der Waals surface area (Å²) in [5.41, 5.74) is 5.13. The van der Waals surface area contributed by atoms with Crippen LogP contribution in [-0.4, -0.2) is 25.3 Å². The monoisotopic (exact) mass is 564 g/mol. The molecule has 0 saturated heterocycles. The van der Waals surface area contributed by atoms with E-state index in [-0.39, 0.29) is 17.7 Å². The molecule has 1 amide bonds. The van der Waals surface area contributed by atoms with Gasteiger partial charge in [0.1, 0.15) is 24.6 Å². The SMILES string of the molecule is O=C(Nc1cc(NCc2cn3cc(C4CC4)cc(OCc4ccccc4)c3n2)ncn1)[C@H]1C[C@@H]1c1cccc(Cl)c1. The number of imidazole rings is 1. The minimum atomic E-state index is -0.0864. The van der Waals surface area contributed by atoms with E-state index in [0.29, 0.717) is 35.7 Å². The van der Waals surface area contributed by atoms with Crippen LogP contribution in [-0.2, 0) is 17.9 Å². The van der Waals surface area contributed by atoms with Crippen molar-refractivity contribution in [3.8, 4) is 5.75 Å². The van der Waals surface area contributed by atoms with Gasteiger partial charge in [0.15, 0.2) is 11.4 Å². The Hall–Kier alpha value is -4.43. The molecule has 7 rings (SSSR count). The Balaban J connectivity index is 1.01. The molecule has 2 fully saturated rings. The number of nitrogens with one attached hydrogen (secondary N) is 2. The molecule has 3 aromatic heterocycles. The first-order chi connectivity index (χ1) is 20.1. The van der Waals surface area contributed by atoms with Crippen LogP contribution in [0.5, 0.6) is 5.75 Å². The van der Waals surface area contributed by atoms with Crippen molar-refractivity contribution in [1.82, 2.24) is 19.4 Å². The van der Waals surface area contributed by atoms with Crippen molar-refractivity contribution >= 4 is 34.8 Å². The second-order valence-corrected chi connectivity index (χ2v) is 11.2. The van der Waals surface area contributed by atoms with Gasteiger partial charge in [-0.3, -0.25) is 4.79 Å². The summed E-state index contributed by atoms with van der Waals surface area (Å²) in [5, 5.41) is 6.94. The Kier molecular flexibility index (Phi) is 6.76. The van der Waals surface area contributed by atoms with Gasteiger partial charge < -0.3 is 19.8 Å². The third-order valence-electron chi connectivity index (χ3n) is 7.65. The van der Waals surface area contributed by atoms with Crippen LogP contribution >= 0.6 is 11.6 Å². The standard InChI is InChI=1S/C32H29ClN6O2/c33-24-8-4-7-22(11-24)26-13-27(26)32(40)38-30-14-29(35-19-36-30)34-15-25-17-39-16-23(21-9-10-21)12-28(31(39)37-25)41-18-20-5-2-1-3-6-20/h1-8,11-12,14,16-17,19,21,26-27H,9-10,13,15,18H2,(H2,34,35,36,38,40)/t26-,27+/m1/s1. The lowest BCUT2D eigenvalue weighted by Gasteiger charge is -2.10. The van der Waals surface area contributed by atoms with Crippen molar-refractivity contribution in [2.75, 3.05) is 10.6 Å². The van der Waals surface area contributed by atoms with E-state index in [4.69, 9.17) is 21.3 Å². The fourth-order valence-corrected chi connectivity index (χ4v) is 5.42. The molecular formula is C32H29ClN6O2. The Morgan fingerprint density at radius 1 is 0.976 bits per heavy atom. The van der Waals surface area contributed by atoms with Crippen LogP contribution in [0.15, 0.2) is 85.5 Å². The predicted molar refractivity (Wildman–Crippen MR) is 158 cm³/mol. The van der Waals surface area contributed by atoms with E-state index < -0.39 is 0 Å². The molecule has 2 aliphatic rings. The number of pyridine rings is 1. The van der Waals surface area contributed by atoms with E-state index in [2.05, 4.69) is 49.4 Å². The van der Waals surface area contributed by atoms with Crippen molar-refractivity contribution in [2.45, 2.75) is 44.2 Å². The molecule has 0 aliphatic heterocycles. The van der Waals surface area contributed by atoms with Crippen LogP contribution in [0.2, 0.25) is 5.02 Å². The number of fused-ring (bicyclic) bond motifs is 1. The van der Waals surface area contributed by atoms with Crippen LogP contribution < -0.4 is 15.4 Å². The molecule has 8 nitrogen and oxygen atoms in total. The number of carbonyl (C=O) groups excluding carboxylic acids is 1. The second kappa shape index (κ2) is 10.9. The number of anilines is 2. The van der Waals surface area contributed by atoms with E-state index in [1.54, 1.807) is 6.07 Å². The van der Waals surface area contributed by atoms with Crippen LogP contribution in [0.4, 0.5) is 11.6 Å². The molecule has 9 heteroatoms. The highest BCUT2D eigenvalue weighted by Gasteiger charge is 2.44. The maximum absolute atomic E-state index is 12.8. The molecule has 206 valence electrons. The summed E-state index contributed by atoms with van der Waals surface area (Å²) in [7, 11) is 0. The number of aromatic nitrogens is 4. The summed E-state index contributed by atoms with van der Waals surface area (Å²) in [6, 6.07) is 21.7. The zero-order valence-electron chi connectivity index (χ0n) is 22.3. The van der Waals surface area contributed by atoms with Crippen molar-refractivity contribution in [1.29, 1.82) is 0 Å². The van der Waals surface area contributed by atoms with Gasteiger partial charge in [-0.25, -0.2) is 15.0 Å². The number of rotatable bonds is 10. The van der Waals surface area contributed by atoms with Gasteiger partial charge in [-0.15, -0.1) is 0 Å². The average Bonchev–Trinajstić information content (AvgIpc) is 3.92. The fourth-order valence-electron chi connectivity index (χ4n) is 5.22. The lowest BCUT2D eigenvalue weighted by molar-refractivity contribution is -0.117. The van der Waals surface area contributed by atoms with Gasteiger partial charge in [0.05, 0.1) is 12.2 Å². The fraction of sp³-hybridized carbons (Fsp3) is 0.250. The smallest absolute Gasteiger partial charge is 0.229 e. The number of ether oxygens (including phenoxy) is 1. The lowest BCUT2D eigenvalue weighted by atomic mass is 10.1. The highest BCUT2D eigenvalue weighted by molar-refractivity contribution is 6.30. The molecule has 3 heterocycles.